The Hall–Kier alpha value is -1.35. The van der Waals surface area contributed by atoms with Crippen molar-refractivity contribution in [1.82, 2.24) is 4.98 Å². The molecular weight excluding hydrogens is 346 g/mol. The summed E-state index contributed by atoms with van der Waals surface area (Å²) in [7, 11) is -2.00. The molecule has 4 saturated carbocycles. The van der Waals surface area contributed by atoms with E-state index >= 15 is 0 Å². The zero-order chi connectivity index (χ0) is 19.0. The summed E-state index contributed by atoms with van der Waals surface area (Å²) >= 11 is 0. The number of allylic oxidation sites excluding steroid dienone is 2. The maximum Gasteiger partial charge on any atom is 0.218 e. The van der Waals surface area contributed by atoms with Crippen molar-refractivity contribution in [3.8, 4) is 0 Å². The quantitative estimate of drug-likeness (QED) is 0.675. The molecule has 5 aliphatic carbocycles. The van der Waals surface area contributed by atoms with E-state index < -0.39 is 8.24 Å². The van der Waals surface area contributed by atoms with Crippen LogP contribution in [0, 0.1) is 23.2 Å². The molecular formula is C24H33NOSi. The summed E-state index contributed by atoms with van der Waals surface area (Å²) in [5.74, 6) is 2.88. The summed E-state index contributed by atoms with van der Waals surface area (Å²) in [6.07, 6.45) is 7.65. The van der Waals surface area contributed by atoms with E-state index in [1.54, 1.807) is 0 Å². The maximum absolute atomic E-state index is 13.7. The van der Waals surface area contributed by atoms with Crippen molar-refractivity contribution in [3.05, 3.63) is 41.0 Å². The van der Waals surface area contributed by atoms with Crippen molar-refractivity contribution in [2.24, 2.45) is 23.2 Å². The number of hydrogen-bond acceptors (Lipinski definition) is 1. The predicted molar refractivity (Wildman–Crippen MR) is 114 cm³/mol. The molecule has 0 spiro atoms. The van der Waals surface area contributed by atoms with E-state index in [9.17, 15) is 4.79 Å². The van der Waals surface area contributed by atoms with Gasteiger partial charge in [-0.05, 0) is 86.8 Å². The molecule has 4 bridgehead atoms. The molecule has 1 unspecified atom stereocenters. The third-order valence-corrected chi connectivity index (χ3v) is 11.4. The molecule has 3 heteroatoms. The highest BCUT2D eigenvalue weighted by Crippen LogP contribution is 2.60. The van der Waals surface area contributed by atoms with E-state index in [4.69, 9.17) is 0 Å². The van der Waals surface area contributed by atoms with Crippen molar-refractivity contribution < 1.29 is 4.79 Å². The number of carbonyl (C=O) groups is 1. The van der Waals surface area contributed by atoms with Crippen molar-refractivity contribution in [2.45, 2.75) is 71.0 Å². The Bertz CT molecular complexity index is 801. The predicted octanol–water partition coefficient (Wildman–Crippen LogP) is 5.65. The summed E-state index contributed by atoms with van der Waals surface area (Å²) in [6, 6.07) is 8.83. The Morgan fingerprint density at radius 2 is 1.56 bits per heavy atom. The van der Waals surface area contributed by atoms with Crippen LogP contribution in [-0.2, 0) is 4.79 Å². The first-order valence-electron chi connectivity index (χ1n) is 10.9. The van der Waals surface area contributed by atoms with Gasteiger partial charge in [0.05, 0.1) is 0 Å². The number of benzene rings is 1. The zero-order valence-electron chi connectivity index (χ0n) is 17.3. The molecule has 1 atom stereocenters. The Labute approximate surface area is 164 Å². The van der Waals surface area contributed by atoms with Crippen molar-refractivity contribution >= 4 is 19.7 Å². The van der Waals surface area contributed by atoms with E-state index in [0.717, 1.165) is 37.0 Å². The van der Waals surface area contributed by atoms with E-state index in [0.29, 0.717) is 11.4 Å². The summed E-state index contributed by atoms with van der Waals surface area (Å²) in [5.41, 5.74) is 6.09. The molecule has 0 saturated heterocycles. The third-order valence-electron chi connectivity index (χ3n) is 8.38. The standard InChI is InChI=1S/C24H33NOSi/c1-15-16(2)22(21-8-6-5-7-20(15)21)27(3,4)25-23(26)24-12-17-9-18(13-24)11-19(10-17)14-24/h5-8,17-19,22H,9-14H2,1-4H3,(H,25,26). The lowest BCUT2D eigenvalue weighted by Gasteiger charge is -2.56. The minimum absolute atomic E-state index is 0.0379. The fraction of sp³-hybridized carbons (Fsp3) is 0.625. The first-order valence-corrected chi connectivity index (χ1v) is 14.0. The van der Waals surface area contributed by atoms with Crippen LogP contribution >= 0.6 is 0 Å². The second-order valence-electron chi connectivity index (χ2n) is 10.7. The van der Waals surface area contributed by atoms with Crippen LogP contribution in [0.3, 0.4) is 0 Å². The van der Waals surface area contributed by atoms with E-state index in [-0.39, 0.29) is 5.41 Å². The van der Waals surface area contributed by atoms with Gasteiger partial charge in [-0.25, -0.2) is 0 Å². The number of amides is 1. The molecule has 0 aliphatic heterocycles. The van der Waals surface area contributed by atoms with Crippen LogP contribution in [0.1, 0.15) is 69.0 Å². The van der Waals surface area contributed by atoms with Gasteiger partial charge in [-0.2, -0.15) is 0 Å². The third kappa shape index (κ3) is 2.61. The second-order valence-corrected chi connectivity index (χ2v) is 15.0. The van der Waals surface area contributed by atoms with Gasteiger partial charge in [0.1, 0.15) is 0 Å². The molecule has 1 N–H and O–H groups in total. The maximum atomic E-state index is 13.7. The molecule has 4 fully saturated rings. The van der Waals surface area contributed by atoms with Gasteiger partial charge in [0.25, 0.3) is 0 Å². The first-order chi connectivity index (χ1) is 12.8. The van der Waals surface area contributed by atoms with Gasteiger partial charge >= 0.3 is 0 Å². The molecule has 6 rings (SSSR count). The molecule has 27 heavy (non-hydrogen) atoms. The van der Waals surface area contributed by atoms with Crippen molar-refractivity contribution in [2.75, 3.05) is 0 Å². The van der Waals surface area contributed by atoms with Crippen molar-refractivity contribution in [3.63, 3.8) is 0 Å². The highest BCUT2D eigenvalue weighted by Gasteiger charge is 2.55. The zero-order valence-corrected chi connectivity index (χ0v) is 18.3. The van der Waals surface area contributed by atoms with Crippen LogP contribution in [0.5, 0.6) is 0 Å². The highest BCUT2D eigenvalue weighted by atomic mass is 28.3. The molecule has 1 aromatic carbocycles. The van der Waals surface area contributed by atoms with Crippen LogP contribution in [0.4, 0.5) is 0 Å². The number of hydrogen-bond donors (Lipinski definition) is 1. The van der Waals surface area contributed by atoms with Crippen LogP contribution in [0.15, 0.2) is 29.8 Å². The summed E-state index contributed by atoms with van der Waals surface area (Å²) in [6.45, 7) is 9.27. The van der Waals surface area contributed by atoms with Crippen LogP contribution in [0.2, 0.25) is 13.1 Å². The summed E-state index contributed by atoms with van der Waals surface area (Å²) < 4.78 is 0. The lowest BCUT2D eigenvalue weighted by atomic mass is 9.49. The molecule has 1 aromatic rings. The van der Waals surface area contributed by atoms with Gasteiger partial charge in [0.2, 0.25) is 5.91 Å². The van der Waals surface area contributed by atoms with Crippen LogP contribution in [-0.4, -0.2) is 14.1 Å². The number of nitrogens with one attached hydrogen (secondary N) is 1. The Morgan fingerprint density at radius 1 is 1.00 bits per heavy atom. The van der Waals surface area contributed by atoms with Crippen LogP contribution < -0.4 is 4.98 Å². The Balaban J connectivity index is 1.43. The summed E-state index contributed by atoms with van der Waals surface area (Å²) in [5, 5.41) is 0. The molecule has 0 heterocycles. The molecule has 144 valence electrons. The number of rotatable bonds is 3. The van der Waals surface area contributed by atoms with Gasteiger partial charge in [0.15, 0.2) is 8.24 Å². The minimum Gasteiger partial charge on any atom is -0.381 e. The number of fused-ring (bicyclic) bond motifs is 1. The SMILES string of the molecule is CC1=C(C)C([Si](C)(C)NC(=O)C23CC4CC(CC(C4)C2)C3)c2ccccc21. The van der Waals surface area contributed by atoms with Gasteiger partial charge in [-0.1, -0.05) is 42.9 Å². The normalized spacial score (nSPS) is 36.9. The molecule has 1 amide bonds. The average Bonchev–Trinajstić information content (AvgIpc) is 2.85. The molecule has 0 radical (unpaired) electrons. The fourth-order valence-corrected chi connectivity index (χ4v) is 10.9. The lowest BCUT2D eigenvalue weighted by molar-refractivity contribution is -0.144. The Morgan fingerprint density at radius 3 is 2.15 bits per heavy atom. The largest absolute Gasteiger partial charge is 0.381 e. The molecule has 2 nitrogen and oxygen atoms in total. The minimum atomic E-state index is -2.00. The first kappa shape index (κ1) is 17.7. The summed E-state index contributed by atoms with van der Waals surface area (Å²) in [4.78, 5) is 17.4. The van der Waals surface area contributed by atoms with Gasteiger partial charge < -0.3 is 4.98 Å². The van der Waals surface area contributed by atoms with E-state index in [1.807, 2.05) is 0 Å². The highest BCUT2D eigenvalue weighted by molar-refractivity contribution is 6.79. The van der Waals surface area contributed by atoms with Crippen LogP contribution in [0.25, 0.3) is 5.57 Å². The van der Waals surface area contributed by atoms with Gasteiger partial charge in [0, 0.05) is 11.0 Å². The molecule has 5 aliphatic rings. The topological polar surface area (TPSA) is 29.1 Å². The fourth-order valence-electron chi connectivity index (χ4n) is 7.57. The number of carbonyl (C=O) groups excluding carboxylic acids is 1. The second kappa shape index (κ2) is 5.82. The molecule has 0 aromatic heterocycles. The lowest BCUT2D eigenvalue weighted by Crippen LogP contribution is -2.61. The van der Waals surface area contributed by atoms with E-state index in [2.05, 4.69) is 56.2 Å². The van der Waals surface area contributed by atoms with Gasteiger partial charge in [-0.15, -0.1) is 0 Å². The van der Waals surface area contributed by atoms with Gasteiger partial charge in [-0.3, -0.25) is 4.79 Å². The van der Waals surface area contributed by atoms with E-state index in [1.165, 1.54) is 41.5 Å². The average molecular weight is 380 g/mol. The van der Waals surface area contributed by atoms with Crippen molar-refractivity contribution in [1.29, 1.82) is 0 Å². The monoisotopic (exact) mass is 379 g/mol. The smallest absolute Gasteiger partial charge is 0.218 e. The Kier molecular flexibility index (Phi) is 3.82.